The summed E-state index contributed by atoms with van der Waals surface area (Å²) in [6.45, 7) is 5.22. The molecule has 0 heterocycles. The van der Waals surface area contributed by atoms with E-state index in [1.165, 1.54) is 25.3 Å². The van der Waals surface area contributed by atoms with Crippen molar-refractivity contribution in [2.24, 2.45) is 0 Å². The van der Waals surface area contributed by atoms with Crippen molar-refractivity contribution in [2.75, 3.05) is 13.7 Å². The third kappa shape index (κ3) is 5.12. The minimum atomic E-state index is -0.173. The van der Waals surface area contributed by atoms with Crippen molar-refractivity contribution >= 4 is 0 Å². The van der Waals surface area contributed by atoms with Crippen molar-refractivity contribution in [1.82, 2.24) is 5.32 Å². The van der Waals surface area contributed by atoms with Crippen molar-refractivity contribution in [3.63, 3.8) is 0 Å². The van der Waals surface area contributed by atoms with Crippen LogP contribution < -0.4 is 10.1 Å². The maximum atomic E-state index is 14.2. The van der Waals surface area contributed by atoms with E-state index in [1.807, 2.05) is 6.07 Å². The third-order valence-corrected chi connectivity index (χ3v) is 3.57. The fourth-order valence-electron chi connectivity index (χ4n) is 2.48. The Kier molecular flexibility index (Phi) is 8.28. The van der Waals surface area contributed by atoms with Gasteiger partial charge in [-0.05, 0) is 31.5 Å². The summed E-state index contributed by atoms with van der Waals surface area (Å²) in [5, 5.41) is 3.46. The smallest absolute Gasteiger partial charge is 0.131 e. The lowest BCUT2D eigenvalue weighted by molar-refractivity contribution is 0.381. The van der Waals surface area contributed by atoms with Crippen LogP contribution in [-0.2, 0) is 0 Å². The summed E-state index contributed by atoms with van der Waals surface area (Å²) in [5.41, 5.74) is 0.681. The first-order chi connectivity index (χ1) is 9.74. The van der Waals surface area contributed by atoms with Gasteiger partial charge in [-0.2, -0.15) is 0 Å². The maximum Gasteiger partial charge on any atom is 0.131 e. The summed E-state index contributed by atoms with van der Waals surface area (Å²) in [6, 6.07) is 5.10. The molecule has 1 aromatic carbocycles. The molecule has 1 unspecified atom stereocenters. The number of hydrogen-bond acceptors (Lipinski definition) is 2. The predicted octanol–water partition coefficient (Wildman–Crippen LogP) is 4.85. The third-order valence-electron chi connectivity index (χ3n) is 3.57. The molecule has 114 valence electrons. The summed E-state index contributed by atoms with van der Waals surface area (Å²) in [5.74, 6) is 0.475. The normalized spacial score (nSPS) is 12.4. The molecule has 1 N–H and O–H groups in total. The largest absolute Gasteiger partial charge is 0.496 e. The van der Waals surface area contributed by atoms with Crippen LogP contribution in [0.3, 0.4) is 0 Å². The molecule has 0 bridgehead atoms. The molecule has 3 heteroatoms. The fraction of sp³-hybridized carbons (Fsp3) is 0.647. The highest BCUT2D eigenvalue weighted by atomic mass is 19.1. The van der Waals surface area contributed by atoms with E-state index in [0.29, 0.717) is 11.3 Å². The summed E-state index contributed by atoms with van der Waals surface area (Å²) in [4.78, 5) is 0. The molecule has 0 spiro atoms. The van der Waals surface area contributed by atoms with Crippen LogP contribution in [0.25, 0.3) is 0 Å². The van der Waals surface area contributed by atoms with Crippen LogP contribution in [0.4, 0.5) is 4.39 Å². The summed E-state index contributed by atoms with van der Waals surface area (Å²) in [6.07, 6.45) is 6.79. The van der Waals surface area contributed by atoms with Gasteiger partial charge in [-0.3, -0.25) is 0 Å². The lowest BCUT2D eigenvalue weighted by atomic mass is 9.98. The molecule has 20 heavy (non-hydrogen) atoms. The molecule has 0 aliphatic heterocycles. The van der Waals surface area contributed by atoms with E-state index in [9.17, 15) is 4.39 Å². The molecule has 1 rings (SSSR count). The second-order valence-corrected chi connectivity index (χ2v) is 5.21. The molecule has 0 amide bonds. The van der Waals surface area contributed by atoms with E-state index in [1.54, 1.807) is 13.2 Å². The first-order valence-corrected chi connectivity index (χ1v) is 7.80. The first-order valence-electron chi connectivity index (χ1n) is 7.80. The van der Waals surface area contributed by atoms with Gasteiger partial charge in [0.15, 0.2) is 0 Å². The number of methoxy groups -OCH3 is 1. The summed E-state index contributed by atoms with van der Waals surface area (Å²) < 4.78 is 19.5. The standard InChI is InChI=1S/C17H28FNO/c1-4-6-7-8-11-15(19-13-5-2)17-14(18)10-9-12-16(17)20-3/h9-10,12,15,19H,4-8,11,13H2,1-3H3. The average Bonchev–Trinajstić information content (AvgIpc) is 2.47. The highest BCUT2D eigenvalue weighted by Crippen LogP contribution is 2.31. The minimum absolute atomic E-state index is 0.0444. The number of hydrogen-bond donors (Lipinski definition) is 1. The first kappa shape index (κ1) is 17.0. The zero-order chi connectivity index (χ0) is 14.8. The van der Waals surface area contributed by atoms with Gasteiger partial charge in [0.05, 0.1) is 7.11 Å². The monoisotopic (exact) mass is 281 g/mol. The summed E-state index contributed by atoms with van der Waals surface area (Å²) >= 11 is 0. The molecule has 0 aliphatic rings. The van der Waals surface area contributed by atoms with E-state index >= 15 is 0 Å². The van der Waals surface area contributed by atoms with Crippen molar-refractivity contribution in [2.45, 2.75) is 58.4 Å². The van der Waals surface area contributed by atoms with Gasteiger partial charge in [-0.1, -0.05) is 45.6 Å². The minimum Gasteiger partial charge on any atom is -0.496 e. The Morgan fingerprint density at radius 2 is 1.95 bits per heavy atom. The molecule has 0 aliphatic carbocycles. The summed E-state index contributed by atoms with van der Waals surface area (Å²) in [7, 11) is 1.60. The number of nitrogens with one attached hydrogen (secondary N) is 1. The van der Waals surface area contributed by atoms with E-state index < -0.39 is 0 Å². The van der Waals surface area contributed by atoms with Gasteiger partial charge in [-0.25, -0.2) is 4.39 Å². The van der Waals surface area contributed by atoms with Gasteiger partial charge < -0.3 is 10.1 Å². The molecular weight excluding hydrogens is 253 g/mol. The molecule has 0 radical (unpaired) electrons. The SMILES string of the molecule is CCCCCCC(NCCC)c1c(F)cccc1OC. The lowest BCUT2D eigenvalue weighted by Gasteiger charge is -2.22. The molecule has 0 fully saturated rings. The number of halogens is 1. The Balaban J connectivity index is 2.80. The lowest BCUT2D eigenvalue weighted by Crippen LogP contribution is -2.23. The Morgan fingerprint density at radius 3 is 2.60 bits per heavy atom. The van der Waals surface area contributed by atoms with Crippen LogP contribution in [0.2, 0.25) is 0 Å². The fourth-order valence-corrected chi connectivity index (χ4v) is 2.48. The van der Waals surface area contributed by atoms with Gasteiger partial charge in [0, 0.05) is 11.6 Å². The molecule has 0 aromatic heterocycles. The van der Waals surface area contributed by atoms with Gasteiger partial charge in [0.2, 0.25) is 0 Å². The second-order valence-electron chi connectivity index (χ2n) is 5.21. The maximum absolute atomic E-state index is 14.2. The number of unbranched alkanes of at least 4 members (excludes halogenated alkanes) is 3. The highest BCUT2D eigenvalue weighted by molar-refractivity contribution is 5.37. The van der Waals surface area contributed by atoms with Crippen LogP contribution in [0.1, 0.15) is 64.0 Å². The molecule has 1 aromatic rings. The van der Waals surface area contributed by atoms with E-state index in [0.717, 1.165) is 25.8 Å². The Morgan fingerprint density at radius 1 is 1.15 bits per heavy atom. The van der Waals surface area contributed by atoms with Crippen LogP contribution >= 0.6 is 0 Å². The number of benzene rings is 1. The molecule has 1 atom stereocenters. The van der Waals surface area contributed by atoms with Gasteiger partial charge in [0.1, 0.15) is 11.6 Å². The van der Waals surface area contributed by atoms with Crippen molar-refractivity contribution in [3.05, 3.63) is 29.6 Å². The van der Waals surface area contributed by atoms with Crippen molar-refractivity contribution in [3.8, 4) is 5.75 Å². The molecular formula is C17H28FNO. The van der Waals surface area contributed by atoms with Gasteiger partial charge in [0.25, 0.3) is 0 Å². The van der Waals surface area contributed by atoms with E-state index in [2.05, 4.69) is 19.2 Å². The van der Waals surface area contributed by atoms with Crippen LogP contribution in [0, 0.1) is 5.82 Å². The zero-order valence-electron chi connectivity index (χ0n) is 13.0. The van der Waals surface area contributed by atoms with E-state index in [4.69, 9.17) is 4.74 Å². The van der Waals surface area contributed by atoms with Crippen LogP contribution in [-0.4, -0.2) is 13.7 Å². The Hall–Kier alpha value is -1.09. The van der Waals surface area contributed by atoms with Crippen LogP contribution in [0.5, 0.6) is 5.75 Å². The number of rotatable bonds is 10. The Labute approximate surface area is 122 Å². The van der Waals surface area contributed by atoms with Crippen LogP contribution in [0.15, 0.2) is 18.2 Å². The predicted molar refractivity (Wildman–Crippen MR) is 82.7 cm³/mol. The highest BCUT2D eigenvalue weighted by Gasteiger charge is 2.19. The average molecular weight is 281 g/mol. The second kappa shape index (κ2) is 9.76. The molecule has 0 saturated carbocycles. The Bertz CT molecular complexity index is 381. The van der Waals surface area contributed by atoms with Gasteiger partial charge in [-0.15, -0.1) is 0 Å². The zero-order valence-corrected chi connectivity index (χ0v) is 13.0. The van der Waals surface area contributed by atoms with Gasteiger partial charge >= 0.3 is 0 Å². The van der Waals surface area contributed by atoms with Crippen molar-refractivity contribution in [1.29, 1.82) is 0 Å². The topological polar surface area (TPSA) is 21.3 Å². The van der Waals surface area contributed by atoms with Crippen molar-refractivity contribution < 1.29 is 9.13 Å². The number of ether oxygens (including phenoxy) is 1. The molecule has 0 saturated heterocycles. The molecule has 2 nitrogen and oxygen atoms in total. The quantitative estimate of drug-likeness (QED) is 0.619. The van der Waals surface area contributed by atoms with E-state index in [-0.39, 0.29) is 11.9 Å².